The SMILES string of the molecule is NCC1CN(CCS(N)(=O)=O)CCO1. The lowest BCUT2D eigenvalue weighted by Gasteiger charge is -2.31. The summed E-state index contributed by atoms with van der Waals surface area (Å²) >= 11 is 0. The van der Waals surface area contributed by atoms with Gasteiger partial charge in [0.05, 0.1) is 18.5 Å². The van der Waals surface area contributed by atoms with E-state index in [2.05, 4.69) is 0 Å². The Morgan fingerprint density at radius 1 is 1.50 bits per heavy atom. The molecule has 0 aliphatic carbocycles. The number of hydrogen-bond acceptors (Lipinski definition) is 5. The molecular weight excluding hydrogens is 206 g/mol. The molecule has 0 aromatic carbocycles. The van der Waals surface area contributed by atoms with Gasteiger partial charge in [-0.2, -0.15) is 0 Å². The zero-order valence-electron chi connectivity index (χ0n) is 8.05. The van der Waals surface area contributed by atoms with Gasteiger partial charge in [0.25, 0.3) is 0 Å². The molecule has 0 spiro atoms. The minimum absolute atomic E-state index is 0.00963. The largest absolute Gasteiger partial charge is 0.374 e. The Kier molecular flexibility index (Phi) is 4.27. The van der Waals surface area contributed by atoms with Gasteiger partial charge in [-0.05, 0) is 0 Å². The minimum Gasteiger partial charge on any atom is -0.374 e. The average Bonchev–Trinajstić information content (AvgIpc) is 2.14. The number of ether oxygens (including phenoxy) is 1. The third-order valence-corrected chi connectivity index (χ3v) is 2.93. The summed E-state index contributed by atoms with van der Waals surface area (Å²) in [5.74, 6) is -0.00963. The summed E-state index contributed by atoms with van der Waals surface area (Å²) in [5, 5.41) is 4.91. The molecule has 1 rings (SSSR count). The summed E-state index contributed by atoms with van der Waals surface area (Å²) in [6.45, 7) is 2.95. The number of primary sulfonamides is 1. The average molecular weight is 223 g/mol. The van der Waals surface area contributed by atoms with Gasteiger partial charge in [0.15, 0.2) is 0 Å². The summed E-state index contributed by atoms with van der Waals surface area (Å²) in [6, 6.07) is 0. The second-order valence-corrected chi connectivity index (χ2v) is 5.13. The van der Waals surface area contributed by atoms with Gasteiger partial charge in [0, 0.05) is 26.2 Å². The first-order chi connectivity index (χ1) is 6.51. The quantitative estimate of drug-likeness (QED) is 0.570. The number of rotatable bonds is 4. The Morgan fingerprint density at radius 2 is 2.21 bits per heavy atom. The lowest BCUT2D eigenvalue weighted by atomic mass is 10.3. The van der Waals surface area contributed by atoms with Gasteiger partial charge in [-0.25, -0.2) is 13.6 Å². The van der Waals surface area contributed by atoms with Crippen molar-refractivity contribution in [3.05, 3.63) is 0 Å². The minimum atomic E-state index is -3.36. The van der Waals surface area contributed by atoms with Gasteiger partial charge in [-0.15, -0.1) is 0 Å². The van der Waals surface area contributed by atoms with Crippen molar-refractivity contribution in [2.75, 3.05) is 38.5 Å². The van der Waals surface area contributed by atoms with Gasteiger partial charge in [-0.1, -0.05) is 0 Å². The zero-order chi connectivity index (χ0) is 10.6. The number of nitrogens with two attached hydrogens (primary N) is 2. The Hall–Kier alpha value is -0.210. The number of nitrogens with zero attached hydrogens (tertiary/aromatic N) is 1. The van der Waals surface area contributed by atoms with Crippen LogP contribution in [-0.4, -0.2) is 58.0 Å². The van der Waals surface area contributed by atoms with Crippen molar-refractivity contribution in [1.82, 2.24) is 4.90 Å². The second kappa shape index (κ2) is 5.04. The standard InChI is InChI=1S/C7H17N3O3S/c8-5-7-6-10(1-3-13-7)2-4-14(9,11)12/h7H,1-6,8H2,(H2,9,11,12). The number of sulfonamides is 1. The van der Waals surface area contributed by atoms with Crippen LogP contribution in [0.3, 0.4) is 0 Å². The van der Waals surface area contributed by atoms with Crippen LogP contribution >= 0.6 is 0 Å². The molecule has 1 saturated heterocycles. The van der Waals surface area contributed by atoms with E-state index in [0.29, 0.717) is 26.2 Å². The van der Waals surface area contributed by atoms with E-state index in [9.17, 15) is 8.42 Å². The van der Waals surface area contributed by atoms with Crippen molar-refractivity contribution in [2.24, 2.45) is 10.9 Å². The van der Waals surface area contributed by atoms with E-state index in [0.717, 1.165) is 6.54 Å². The predicted molar refractivity (Wildman–Crippen MR) is 53.2 cm³/mol. The molecule has 0 radical (unpaired) electrons. The van der Waals surface area contributed by atoms with E-state index in [4.69, 9.17) is 15.6 Å². The third-order valence-electron chi connectivity index (χ3n) is 2.18. The van der Waals surface area contributed by atoms with Crippen molar-refractivity contribution >= 4 is 10.0 Å². The van der Waals surface area contributed by atoms with Gasteiger partial charge >= 0.3 is 0 Å². The molecule has 7 heteroatoms. The van der Waals surface area contributed by atoms with E-state index >= 15 is 0 Å². The lowest BCUT2D eigenvalue weighted by molar-refractivity contribution is -0.0209. The Morgan fingerprint density at radius 3 is 2.79 bits per heavy atom. The summed E-state index contributed by atoms with van der Waals surface area (Å²) < 4.78 is 26.8. The molecule has 1 atom stereocenters. The molecule has 84 valence electrons. The van der Waals surface area contributed by atoms with Gasteiger partial charge in [0.2, 0.25) is 10.0 Å². The fourth-order valence-electron chi connectivity index (χ4n) is 1.38. The Labute approximate surface area is 84.2 Å². The highest BCUT2D eigenvalue weighted by molar-refractivity contribution is 7.89. The summed E-state index contributed by atoms with van der Waals surface area (Å²) in [7, 11) is -3.36. The van der Waals surface area contributed by atoms with Crippen LogP contribution < -0.4 is 10.9 Å². The Balaban J connectivity index is 2.31. The molecule has 1 aliphatic rings. The number of hydrogen-bond donors (Lipinski definition) is 2. The fraction of sp³-hybridized carbons (Fsp3) is 1.00. The molecule has 0 amide bonds. The van der Waals surface area contributed by atoms with Crippen molar-refractivity contribution in [3.8, 4) is 0 Å². The first-order valence-electron chi connectivity index (χ1n) is 4.56. The fourth-order valence-corrected chi connectivity index (χ4v) is 1.90. The van der Waals surface area contributed by atoms with E-state index in [1.54, 1.807) is 0 Å². The molecule has 0 bridgehead atoms. The van der Waals surface area contributed by atoms with E-state index < -0.39 is 10.0 Å². The van der Waals surface area contributed by atoms with Crippen LogP contribution in [-0.2, 0) is 14.8 Å². The number of morpholine rings is 1. The molecule has 0 aromatic heterocycles. The maximum atomic E-state index is 10.7. The molecule has 6 nitrogen and oxygen atoms in total. The van der Waals surface area contributed by atoms with E-state index in [-0.39, 0.29) is 11.9 Å². The normalized spacial score (nSPS) is 25.1. The third kappa shape index (κ3) is 4.34. The zero-order valence-corrected chi connectivity index (χ0v) is 8.87. The van der Waals surface area contributed by atoms with E-state index in [1.165, 1.54) is 0 Å². The molecule has 4 N–H and O–H groups in total. The van der Waals surface area contributed by atoms with Crippen molar-refractivity contribution in [1.29, 1.82) is 0 Å². The summed E-state index contributed by atoms with van der Waals surface area (Å²) in [4.78, 5) is 2.01. The summed E-state index contributed by atoms with van der Waals surface area (Å²) in [6.07, 6.45) is 0.0178. The maximum absolute atomic E-state index is 10.7. The Bertz CT molecular complexity index is 267. The first-order valence-corrected chi connectivity index (χ1v) is 6.27. The van der Waals surface area contributed by atoms with Gasteiger partial charge in [-0.3, -0.25) is 4.90 Å². The van der Waals surface area contributed by atoms with Crippen LogP contribution in [0.15, 0.2) is 0 Å². The molecular formula is C7H17N3O3S. The molecule has 14 heavy (non-hydrogen) atoms. The molecule has 1 unspecified atom stereocenters. The van der Waals surface area contributed by atoms with Crippen LogP contribution in [0.5, 0.6) is 0 Å². The summed E-state index contributed by atoms with van der Waals surface area (Å²) in [5.41, 5.74) is 5.45. The molecule has 0 saturated carbocycles. The van der Waals surface area contributed by atoms with Crippen molar-refractivity contribution in [3.63, 3.8) is 0 Å². The maximum Gasteiger partial charge on any atom is 0.210 e. The van der Waals surface area contributed by atoms with Crippen molar-refractivity contribution in [2.45, 2.75) is 6.10 Å². The van der Waals surface area contributed by atoms with Crippen LogP contribution in [0, 0.1) is 0 Å². The topological polar surface area (TPSA) is 98.6 Å². The lowest BCUT2D eigenvalue weighted by Crippen LogP contribution is -2.47. The highest BCUT2D eigenvalue weighted by Gasteiger charge is 2.19. The van der Waals surface area contributed by atoms with Gasteiger partial charge < -0.3 is 10.5 Å². The van der Waals surface area contributed by atoms with Gasteiger partial charge in [0.1, 0.15) is 0 Å². The van der Waals surface area contributed by atoms with Crippen molar-refractivity contribution < 1.29 is 13.2 Å². The molecule has 0 aromatic rings. The predicted octanol–water partition coefficient (Wildman–Crippen LogP) is -2.07. The van der Waals surface area contributed by atoms with Crippen LogP contribution in [0.25, 0.3) is 0 Å². The molecule has 1 heterocycles. The molecule has 1 fully saturated rings. The highest BCUT2D eigenvalue weighted by Crippen LogP contribution is 2.03. The smallest absolute Gasteiger partial charge is 0.210 e. The van der Waals surface area contributed by atoms with Crippen LogP contribution in [0.1, 0.15) is 0 Å². The van der Waals surface area contributed by atoms with Crippen LogP contribution in [0.4, 0.5) is 0 Å². The first kappa shape index (κ1) is 11.9. The highest BCUT2D eigenvalue weighted by atomic mass is 32.2. The van der Waals surface area contributed by atoms with E-state index in [1.807, 2.05) is 4.90 Å². The monoisotopic (exact) mass is 223 g/mol. The molecule has 1 aliphatic heterocycles. The second-order valence-electron chi connectivity index (χ2n) is 3.40. The van der Waals surface area contributed by atoms with Crippen LogP contribution in [0.2, 0.25) is 0 Å².